The molecule has 6 nitrogen and oxygen atoms in total. The van der Waals surface area contributed by atoms with E-state index in [9.17, 15) is 4.79 Å². The van der Waals surface area contributed by atoms with Gasteiger partial charge in [0.25, 0.3) is 0 Å². The molecule has 2 rings (SSSR count). The second kappa shape index (κ2) is 9.35. The van der Waals surface area contributed by atoms with Crippen molar-refractivity contribution in [3.05, 3.63) is 0 Å². The molecule has 2 heterocycles. The Morgan fingerprint density at radius 3 is 2.76 bits per heavy atom. The Labute approximate surface area is 126 Å². The first-order valence-electron chi connectivity index (χ1n) is 8.08. The molecule has 21 heavy (non-hydrogen) atoms. The third-order valence-electron chi connectivity index (χ3n) is 4.12. The molecule has 0 unspecified atom stereocenters. The maximum absolute atomic E-state index is 11.9. The van der Waals surface area contributed by atoms with Crippen molar-refractivity contribution in [3.8, 4) is 0 Å². The van der Waals surface area contributed by atoms with Crippen molar-refractivity contribution in [2.24, 2.45) is 11.7 Å². The first-order chi connectivity index (χ1) is 10.3. The number of carbonyl (C=O) groups is 1. The summed E-state index contributed by atoms with van der Waals surface area (Å²) in [6.45, 7) is 4.34. The van der Waals surface area contributed by atoms with Crippen LogP contribution in [0.5, 0.6) is 0 Å². The van der Waals surface area contributed by atoms with Crippen LogP contribution in [0.1, 0.15) is 32.1 Å². The Morgan fingerprint density at radius 2 is 2.05 bits per heavy atom. The largest absolute Gasteiger partial charge is 0.381 e. The molecule has 0 aromatic carbocycles. The van der Waals surface area contributed by atoms with Crippen LogP contribution in [0.3, 0.4) is 0 Å². The summed E-state index contributed by atoms with van der Waals surface area (Å²) < 4.78 is 16.5. The standard InChI is InChI=1S/C15H28N2O4/c16-10-13-2-3-14(21-13)15(18)17-6-1-7-20-11-12-4-8-19-9-5-12/h12-14H,1-11,16H2,(H,17,18)/t13-,14+/m1/s1. The second-order valence-electron chi connectivity index (χ2n) is 5.84. The summed E-state index contributed by atoms with van der Waals surface area (Å²) in [7, 11) is 0. The highest BCUT2D eigenvalue weighted by Gasteiger charge is 2.29. The first-order valence-corrected chi connectivity index (χ1v) is 8.08. The van der Waals surface area contributed by atoms with E-state index in [1.165, 1.54) is 0 Å². The number of nitrogens with one attached hydrogen (secondary N) is 1. The Hall–Kier alpha value is -0.690. The van der Waals surface area contributed by atoms with Gasteiger partial charge in [0.2, 0.25) is 5.91 Å². The number of amides is 1. The first kappa shape index (κ1) is 16.7. The van der Waals surface area contributed by atoms with E-state index in [4.69, 9.17) is 19.9 Å². The summed E-state index contributed by atoms with van der Waals surface area (Å²) >= 11 is 0. The third-order valence-corrected chi connectivity index (χ3v) is 4.12. The molecule has 2 saturated heterocycles. The van der Waals surface area contributed by atoms with Crippen LogP contribution in [0.4, 0.5) is 0 Å². The highest BCUT2D eigenvalue weighted by molar-refractivity contribution is 5.80. The quantitative estimate of drug-likeness (QED) is 0.636. The summed E-state index contributed by atoms with van der Waals surface area (Å²) in [6.07, 6.45) is 4.40. The lowest BCUT2D eigenvalue weighted by Gasteiger charge is -2.21. The molecule has 0 spiro atoms. The molecule has 3 N–H and O–H groups in total. The van der Waals surface area contributed by atoms with Gasteiger partial charge in [0.05, 0.1) is 6.10 Å². The molecule has 0 saturated carbocycles. The summed E-state index contributed by atoms with van der Waals surface area (Å²) in [5, 5.41) is 2.90. The van der Waals surface area contributed by atoms with Crippen LogP contribution in [0.15, 0.2) is 0 Å². The fourth-order valence-electron chi connectivity index (χ4n) is 2.73. The summed E-state index contributed by atoms with van der Waals surface area (Å²) in [4.78, 5) is 11.9. The van der Waals surface area contributed by atoms with E-state index in [0.29, 0.717) is 25.6 Å². The van der Waals surface area contributed by atoms with Crippen LogP contribution < -0.4 is 11.1 Å². The van der Waals surface area contributed by atoms with Gasteiger partial charge in [0, 0.05) is 39.5 Å². The molecule has 0 radical (unpaired) electrons. The molecule has 2 aliphatic rings. The van der Waals surface area contributed by atoms with Crippen LogP contribution in [-0.4, -0.2) is 57.6 Å². The fourth-order valence-corrected chi connectivity index (χ4v) is 2.73. The molecule has 0 bridgehead atoms. The average Bonchev–Trinajstić information content (AvgIpc) is 3.00. The number of rotatable bonds is 8. The van der Waals surface area contributed by atoms with Crippen LogP contribution in [0.25, 0.3) is 0 Å². The Kier molecular flexibility index (Phi) is 7.43. The van der Waals surface area contributed by atoms with Gasteiger partial charge in [-0.2, -0.15) is 0 Å². The van der Waals surface area contributed by atoms with E-state index in [2.05, 4.69) is 5.32 Å². The van der Waals surface area contributed by atoms with E-state index in [1.807, 2.05) is 0 Å². The van der Waals surface area contributed by atoms with Gasteiger partial charge in [0.15, 0.2) is 0 Å². The van der Waals surface area contributed by atoms with Gasteiger partial charge in [-0.3, -0.25) is 4.79 Å². The van der Waals surface area contributed by atoms with Gasteiger partial charge >= 0.3 is 0 Å². The minimum Gasteiger partial charge on any atom is -0.381 e. The van der Waals surface area contributed by atoms with Crippen molar-refractivity contribution >= 4 is 5.91 Å². The van der Waals surface area contributed by atoms with Gasteiger partial charge in [-0.05, 0) is 38.0 Å². The smallest absolute Gasteiger partial charge is 0.249 e. The maximum atomic E-state index is 11.9. The van der Waals surface area contributed by atoms with Crippen LogP contribution in [-0.2, 0) is 19.0 Å². The van der Waals surface area contributed by atoms with Gasteiger partial charge in [0.1, 0.15) is 6.10 Å². The lowest BCUT2D eigenvalue weighted by Crippen LogP contribution is -2.36. The molecule has 2 fully saturated rings. The Morgan fingerprint density at radius 1 is 1.24 bits per heavy atom. The van der Waals surface area contributed by atoms with E-state index < -0.39 is 0 Å². The number of hydrogen-bond donors (Lipinski definition) is 2. The number of carbonyl (C=O) groups excluding carboxylic acids is 1. The highest BCUT2D eigenvalue weighted by atomic mass is 16.5. The molecule has 0 aromatic heterocycles. The van der Waals surface area contributed by atoms with Crippen molar-refractivity contribution in [1.29, 1.82) is 0 Å². The van der Waals surface area contributed by atoms with Crippen molar-refractivity contribution in [2.75, 3.05) is 39.5 Å². The molecule has 1 amide bonds. The molecule has 2 aliphatic heterocycles. The van der Waals surface area contributed by atoms with E-state index in [0.717, 1.165) is 51.9 Å². The van der Waals surface area contributed by atoms with Gasteiger partial charge in [-0.15, -0.1) is 0 Å². The molecule has 122 valence electrons. The Bertz CT molecular complexity index is 308. The van der Waals surface area contributed by atoms with E-state index in [-0.39, 0.29) is 18.1 Å². The van der Waals surface area contributed by atoms with Gasteiger partial charge in [-0.25, -0.2) is 0 Å². The monoisotopic (exact) mass is 300 g/mol. The van der Waals surface area contributed by atoms with Gasteiger partial charge in [-0.1, -0.05) is 0 Å². The van der Waals surface area contributed by atoms with Crippen LogP contribution in [0.2, 0.25) is 0 Å². The minimum absolute atomic E-state index is 0.0182. The highest BCUT2D eigenvalue weighted by Crippen LogP contribution is 2.18. The summed E-state index contributed by atoms with van der Waals surface area (Å²) in [5.74, 6) is 0.615. The van der Waals surface area contributed by atoms with Crippen molar-refractivity contribution < 1.29 is 19.0 Å². The average molecular weight is 300 g/mol. The predicted molar refractivity (Wildman–Crippen MR) is 78.9 cm³/mol. The van der Waals surface area contributed by atoms with E-state index in [1.54, 1.807) is 0 Å². The summed E-state index contributed by atoms with van der Waals surface area (Å²) in [5.41, 5.74) is 5.53. The molecular weight excluding hydrogens is 272 g/mol. The van der Waals surface area contributed by atoms with Crippen molar-refractivity contribution in [1.82, 2.24) is 5.32 Å². The molecular formula is C15H28N2O4. The molecule has 0 aliphatic carbocycles. The number of hydrogen-bond acceptors (Lipinski definition) is 5. The molecule has 0 aromatic rings. The normalized spacial score (nSPS) is 26.9. The van der Waals surface area contributed by atoms with Crippen LogP contribution in [0, 0.1) is 5.92 Å². The SMILES string of the molecule is NC[C@H]1CC[C@@H](C(=O)NCCCOCC2CCOCC2)O1. The zero-order valence-electron chi connectivity index (χ0n) is 12.7. The molecule has 6 heteroatoms. The molecule has 2 atom stereocenters. The number of nitrogens with two attached hydrogens (primary N) is 1. The Balaban J connectivity index is 1.45. The van der Waals surface area contributed by atoms with E-state index >= 15 is 0 Å². The number of ether oxygens (including phenoxy) is 3. The van der Waals surface area contributed by atoms with Gasteiger partial charge < -0.3 is 25.3 Å². The van der Waals surface area contributed by atoms with Crippen molar-refractivity contribution in [3.63, 3.8) is 0 Å². The lowest BCUT2D eigenvalue weighted by molar-refractivity contribution is -0.131. The minimum atomic E-state index is -0.318. The summed E-state index contributed by atoms with van der Waals surface area (Å²) in [6, 6.07) is 0. The predicted octanol–water partition coefficient (Wildman–Crippen LogP) is 0.442. The fraction of sp³-hybridized carbons (Fsp3) is 0.933. The van der Waals surface area contributed by atoms with Crippen molar-refractivity contribution in [2.45, 2.75) is 44.3 Å². The van der Waals surface area contributed by atoms with Crippen LogP contribution >= 0.6 is 0 Å². The third kappa shape index (κ3) is 5.90. The zero-order chi connectivity index (χ0) is 14.9. The lowest BCUT2D eigenvalue weighted by atomic mass is 10.0. The second-order valence-corrected chi connectivity index (χ2v) is 5.84. The maximum Gasteiger partial charge on any atom is 0.249 e. The topological polar surface area (TPSA) is 82.8 Å². The zero-order valence-corrected chi connectivity index (χ0v) is 12.7.